The molecule has 0 aliphatic heterocycles. The van der Waals surface area contributed by atoms with Crippen molar-refractivity contribution < 1.29 is 0 Å². The number of fused-ring (bicyclic) bond motifs is 2. The average molecular weight is 311 g/mol. The Balaban J connectivity index is 1.82. The second-order valence-corrected chi connectivity index (χ2v) is 11.0. The quantitative estimate of drug-likeness (QED) is 0.748. The first-order valence-corrected chi connectivity index (χ1v) is 12.0. The Morgan fingerprint density at radius 3 is 2.59 bits per heavy atom. The maximum absolute atomic E-state index is 2.47. The van der Waals surface area contributed by atoms with E-state index in [0.717, 1.165) is 0 Å². The molecule has 0 spiro atoms. The summed E-state index contributed by atoms with van der Waals surface area (Å²) in [5.74, 6) is 0. The summed E-state index contributed by atoms with van der Waals surface area (Å²) in [5.41, 5.74) is 2.97. The third kappa shape index (κ3) is 2.39. The van der Waals surface area contributed by atoms with Gasteiger partial charge >= 0.3 is 20.4 Å². The highest BCUT2D eigenvalue weighted by Crippen LogP contribution is 2.30. The van der Waals surface area contributed by atoms with Crippen LogP contribution in [0, 0.1) is 0 Å². The fraction of sp³-hybridized carbons (Fsp3) is 0.150. The van der Waals surface area contributed by atoms with E-state index < -0.39 is 8.41 Å². The van der Waals surface area contributed by atoms with E-state index >= 15 is 0 Å². The van der Waals surface area contributed by atoms with Gasteiger partial charge in [-0.1, -0.05) is 88.6 Å². The number of rotatable bonds is 2. The molecule has 22 heavy (non-hydrogen) atoms. The normalized spacial score (nSPS) is 17.8. The van der Waals surface area contributed by atoms with Gasteiger partial charge in [-0.15, -0.1) is 6.08 Å². The van der Waals surface area contributed by atoms with Gasteiger partial charge in [0.1, 0.15) is 0 Å². The standard InChI is InChI=1S/C11H11Si.C9H7.Mg/c1-12(2)11-7-9-5-3-4-6-10(9)8-11;1-2-5-9-7-3-6-8(9)4-1;/h3-7H,1-2H3;1-7H;. The zero-order valence-corrected chi connectivity index (χ0v) is 15.5. The SMILES string of the molecule is C[Si](C)=C1C=c2ccccc2=[C]1[Mg][CH]1C=Cc2ccccc21. The van der Waals surface area contributed by atoms with Gasteiger partial charge in [0, 0.05) is 8.41 Å². The fourth-order valence-electron chi connectivity index (χ4n) is 3.67. The molecule has 0 N–H and O–H groups in total. The number of hydrogen-bond donors (Lipinski definition) is 0. The van der Waals surface area contributed by atoms with E-state index in [1.807, 2.05) is 0 Å². The van der Waals surface area contributed by atoms with Crippen molar-refractivity contribution >= 4 is 49.8 Å². The Labute approximate surface area is 142 Å². The molecule has 0 heterocycles. The molecule has 2 aromatic rings. The Morgan fingerprint density at radius 2 is 1.73 bits per heavy atom. The zero-order chi connectivity index (χ0) is 15.1. The summed E-state index contributed by atoms with van der Waals surface area (Å²) < 4.78 is 2.39. The second-order valence-electron chi connectivity index (χ2n) is 6.42. The van der Waals surface area contributed by atoms with Gasteiger partial charge < -0.3 is 0 Å². The van der Waals surface area contributed by atoms with Crippen molar-refractivity contribution in [3.05, 3.63) is 76.2 Å². The van der Waals surface area contributed by atoms with Crippen LogP contribution >= 0.6 is 0 Å². The first kappa shape index (κ1) is 14.4. The maximum atomic E-state index is 2.47. The number of hydrogen-bond acceptors (Lipinski definition) is 0. The Hall–Kier alpha value is -1.23. The van der Waals surface area contributed by atoms with E-state index in [-0.39, 0.29) is 20.4 Å². The van der Waals surface area contributed by atoms with E-state index in [2.05, 4.69) is 79.9 Å². The van der Waals surface area contributed by atoms with Crippen LogP contribution in [0.5, 0.6) is 0 Å². The molecule has 2 aliphatic carbocycles. The molecule has 0 amide bonds. The average Bonchev–Trinajstić information content (AvgIpc) is 3.10. The van der Waals surface area contributed by atoms with Gasteiger partial charge in [-0.2, -0.15) is 3.70 Å². The molecule has 1 atom stereocenters. The minimum absolute atomic E-state index is 0.356. The smallest absolute Gasteiger partial charge is 0.162 e. The van der Waals surface area contributed by atoms with Crippen molar-refractivity contribution in [1.82, 2.24) is 0 Å². The van der Waals surface area contributed by atoms with E-state index in [1.54, 1.807) is 14.4 Å². The van der Waals surface area contributed by atoms with Gasteiger partial charge in [-0.3, -0.25) is 0 Å². The summed E-state index contributed by atoms with van der Waals surface area (Å²) in [7, 11) is -0.410. The first-order valence-electron chi connectivity index (χ1n) is 7.99. The molecule has 0 nitrogen and oxygen atoms in total. The molecule has 2 aliphatic rings. The summed E-state index contributed by atoms with van der Waals surface area (Å²) in [6.45, 7) is 4.85. The summed E-state index contributed by atoms with van der Waals surface area (Å²) >= 11 is -0.356. The molecular weight excluding hydrogens is 293 g/mol. The molecule has 1 unspecified atom stereocenters. The third-order valence-corrected chi connectivity index (χ3v) is 8.98. The van der Waals surface area contributed by atoms with Crippen LogP contribution in [0.4, 0.5) is 0 Å². The zero-order valence-electron chi connectivity index (χ0n) is 13.1. The highest BCUT2D eigenvalue weighted by atomic mass is 28.2. The van der Waals surface area contributed by atoms with Crippen molar-refractivity contribution in [3.8, 4) is 0 Å². The predicted octanol–water partition coefficient (Wildman–Crippen LogP) is 2.57. The largest absolute Gasteiger partial charge is 0.426 e. The fourth-order valence-corrected chi connectivity index (χ4v) is 8.39. The molecule has 0 fully saturated rings. The number of benzene rings is 2. The molecule has 104 valence electrons. The van der Waals surface area contributed by atoms with Crippen LogP contribution in [-0.4, -0.2) is 33.9 Å². The predicted molar refractivity (Wildman–Crippen MR) is 100 cm³/mol. The molecular formula is C20H18MgSi. The van der Waals surface area contributed by atoms with E-state index in [9.17, 15) is 0 Å². The van der Waals surface area contributed by atoms with Crippen molar-refractivity contribution in [2.24, 2.45) is 0 Å². The molecule has 4 rings (SSSR count). The van der Waals surface area contributed by atoms with Crippen molar-refractivity contribution in [1.29, 1.82) is 0 Å². The third-order valence-electron chi connectivity index (χ3n) is 4.78. The monoisotopic (exact) mass is 310 g/mol. The van der Waals surface area contributed by atoms with Gasteiger partial charge in [0.15, 0.2) is 0 Å². The van der Waals surface area contributed by atoms with Gasteiger partial charge in [0.25, 0.3) is 0 Å². The first-order chi connectivity index (χ1) is 10.7. The summed E-state index contributed by atoms with van der Waals surface area (Å²) in [5, 5.41) is 4.64. The van der Waals surface area contributed by atoms with Crippen LogP contribution in [0.1, 0.15) is 15.2 Å². The molecule has 0 aromatic heterocycles. The minimum Gasteiger partial charge on any atom is -0.162 e. The Bertz CT molecular complexity index is 930. The molecule has 0 saturated heterocycles. The lowest BCUT2D eigenvalue weighted by Gasteiger charge is -2.13. The van der Waals surface area contributed by atoms with Crippen LogP contribution < -0.4 is 10.4 Å². The van der Waals surface area contributed by atoms with Gasteiger partial charge in [-0.25, -0.2) is 0 Å². The second kappa shape index (κ2) is 5.76. The number of allylic oxidation sites excluding steroid dienone is 1. The lowest BCUT2D eigenvalue weighted by atomic mass is 10.1. The van der Waals surface area contributed by atoms with Gasteiger partial charge in [0.05, 0.1) is 0 Å². The van der Waals surface area contributed by atoms with E-state index in [1.165, 1.54) is 16.0 Å². The van der Waals surface area contributed by atoms with Crippen LogP contribution in [0.15, 0.2) is 54.6 Å². The lowest BCUT2D eigenvalue weighted by molar-refractivity contribution is 1.24. The highest BCUT2D eigenvalue weighted by molar-refractivity contribution is 6.92. The summed E-state index contributed by atoms with van der Waals surface area (Å²) in [6.07, 6.45) is 7.23. The van der Waals surface area contributed by atoms with Crippen LogP contribution in [0.3, 0.4) is 0 Å². The molecule has 0 saturated carbocycles. The van der Waals surface area contributed by atoms with Crippen molar-refractivity contribution in [2.75, 3.05) is 0 Å². The Morgan fingerprint density at radius 1 is 0.955 bits per heavy atom. The van der Waals surface area contributed by atoms with Crippen molar-refractivity contribution in [3.63, 3.8) is 0 Å². The molecule has 0 radical (unpaired) electrons. The van der Waals surface area contributed by atoms with Gasteiger partial charge in [0.2, 0.25) is 0 Å². The molecule has 2 heteroatoms. The van der Waals surface area contributed by atoms with Crippen molar-refractivity contribution in [2.45, 2.75) is 17.1 Å². The van der Waals surface area contributed by atoms with Crippen LogP contribution in [0.25, 0.3) is 15.9 Å². The summed E-state index contributed by atoms with van der Waals surface area (Å²) in [4.78, 5) is 0. The van der Waals surface area contributed by atoms with E-state index in [4.69, 9.17) is 0 Å². The Kier molecular flexibility index (Phi) is 3.76. The van der Waals surface area contributed by atoms with E-state index in [0.29, 0.717) is 4.05 Å². The summed E-state index contributed by atoms with van der Waals surface area (Å²) in [6, 6.07) is 17.9. The lowest BCUT2D eigenvalue weighted by Crippen LogP contribution is -2.26. The minimum atomic E-state index is -0.410. The highest BCUT2D eigenvalue weighted by Gasteiger charge is 2.24. The van der Waals surface area contributed by atoms with Crippen LogP contribution in [-0.2, 0) is 0 Å². The molecule has 2 aromatic carbocycles. The topological polar surface area (TPSA) is 0 Å². The van der Waals surface area contributed by atoms with Crippen LogP contribution in [0.2, 0.25) is 13.1 Å². The maximum Gasteiger partial charge on any atom is 0.426 e. The van der Waals surface area contributed by atoms with Gasteiger partial charge in [-0.05, 0) is 16.0 Å². The molecule has 0 bridgehead atoms.